The third-order valence-corrected chi connectivity index (χ3v) is 3.16. The van der Waals surface area contributed by atoms with Gasteiger partial charge >= 0.3 is 0 Å². The van der Waals surface area contributed by atoms with Crippen LogP contribution in [0, 0.1) is 10.1 Å². The van der Waals surface area contributed by atoms with E-state index in [1.807, 2.05) is 6.07 Å². The molecule has 1 fully saturated rings. The standard InChI is InChI=1S/C10H11BrN2O3/c11-8-2-1-7(5-10(8)13(14)15)9-6-16-4-3-12-9/h1-2,5,9,12H,3-4,6H2/t9-/m0/s1. The summed E-state index contributed by atoms with van der Waals surface area (Å²) in [5.41, 5.74) is 0.972. The maximum Gasteiger partial charge on any atom is 0.283 e. The lowest BCUT2D eigenvalue weighted by Gasteiger charge is -2.24. The van der Waals surface area contributed by atoms with E-state index in [1.165, 1.54) is 0 Å². The molecule has 1 atom stereocenters. The van der Waals surface area contributed by atoms with Gasteiger partial charge in [-0.1, -0.05) is 6.07 Å². The highest BCUT2D eigenvalue weighted by Crippen LogP contribution is 2.28. The van der Waals surface area contributed by atoms with Crippen molar-refractivity contribution >= 4 is 21.6 Å². The van der Waals surface area contributed by atoms with Gasteiger partial charge in [0.25, 0.3) is 5.69 Å². The summed E-state index contributed by atoms with van der Waals surface area (Å²) in [6.07, 6.45) is 0. The van der Waals surface area contributed by atoms with Crippen LogP contribution in [0.1, 0.15) is 11.6 Å². The topological polar surface area (TPSA) is 64.4 Å². The average Bonchev–Trinajstić information content (AvgIpc) is 2.30. The molecule has 5 nitrogen and oxygen atoms in total. The summed E-state index contributed by atoms with van der Waals surface area (Å²) in [5, 5.41) is 14.0. The van der Waals surface area contributed by atoms with Crippen molar-refractivity contribution in [3.8, 4) is 0 Å². The van der Waals surface area contributed by atoms with Gasteiger partial charge in [0, 0.05) is 12.6 Å². The fourth-order valence-corrected chi connectivity index (χ4v) is 2.06. The van der Waals surface area contributed by atoms with Crippen LogP contribution in [0.25, 0.3) is 0 Å². The Bertz CT molecular complexity index is 405. The van der Waals surface area contributed by atoms with Crippen LogP contribution in [0.3, 0.4) is 0 Å². The number of halogens is 1. The molecule has 1 N–H and O–H groups in total. The number of nitrogens with zero attached hydrogens (tertiary/aromatic N) is 1. The first kappa shape index (κ1) is 11.5. The molecule has 0 spiro atoms. The van der Waals surface area contributed by atoms with E-state index in [9.17, 15) is 10.1 Å². The number of benzene rings is 1. The SMILES string of the molecule is O=[N+]([O-])c1cc([C@@H]2COCCN2)ccc1Br. The number of nitrogens with one attached hydrogen (secondary N) is 1. The van der Waals surface area contributed by atoms with Crippen LogP contribution in [-0.4, -0.2) is 24.7 Å². The lowest BCUT2D eigenvalue weighted by molar-refractivity contribution is -0.385. The predicted octanol–water partition coefficient (Wildman–Crippen LogP) is 2.02. The fourth-order valence-electron chi connectivity index (χ4n) is 1.67. The first-order valence-corrected chi connectivity index (χ1v) is 5.73. The molecule has 0 unspecified atom stereocenters. The third-order valence-electron chi connectivity index (χ3n) is 2.49. The molecule has 0 amide bonds. The number of hydrogen-bond donors (Lipinski definition) is 1. The summed E-state index contributed by atoms with van der Waals surface area (Å²) in [4.78, 5) is 10.4. The number of nitro groups is 1. The maximum atomic E-state index is 10.8. The Balaban J connectivity index is 2.27. The molecular formula is C10H11BrN2O3. The van der Waals surface area contributed by atoms with Crippen molar-refractivity contribution in [3.63, 3.8) is 0 Å². The Hall–Kier alpha value is -0.980. The number of ether oxygens (including phenoxy) is 1. The van der Waals surface area contributed by atoms with Crippen LogP contribution in [0.15, 0.2) is 22.7 Å². The van der Waals surface area contributed by atoms with Crippen molar-refractivity contribution in [1.82, 2.24) is 5.32 Å². The van der Waals surface area contributed by atoms with Gasteiger partial charge in [-0.2, -0.15) is 0 Å². The second-order valence-corrected chi connectivity index (χ2v) is 4.40. The molecule has 1 saturated heterocycles. The maximum absolute atomic E-state index is 10.8. The zero-order valence-corrected chi connectivity index (χ0v) is 10.1. The molecule has 1 aromatic carbocycles. The molecule has 1 aliphatic heterocycles. The zero-order chi connectivity index (χ0) is 11.5. The minimum absolute atomic E-state index is 0.0422. The minimum atomic E-state index is -0.392. The smallest absolute Gasteiger partial charge is 0.283 e. The van der Waals surface area contributed by atoms with Crippen molar-refractivity contribution in [1.29, 1.82) is 0 Å². The first-order chi connectivity index (χ1) is 7.68. The van der Waals surface area contributed by atoms with Crippen LogP contribution in [0.2, 0.25) is 0 Å². The molecule has 86 valence electrons. The van der Waals surface area contributed by atoms with Gasteiger partial charge in [-0.05, 0) is 27.6 Å². The Kier molecular flexibility index (Phi) is 3.52. The van der Waals surface area contributed by atoms with Gasteiger partial charge in [0.05, 0.1) is 28.7 Å². The molecule has 0 aliphatic carbocycles. The van der Waals surface area contributed by atoms with Crippen molar-refractivity contribution in [2.24, 2.45) is 0 Å². The monoisotopic (exact) mass is 286 g/mol. The highest BCUT2D eigenvalue weighted by Gasteiger charge is 2.19. The third kappa shape index (κ3) is 2.40. The quantitative estimate of drug-likeness (QED) is 0.667. The van der Waals surface area contributed by atoms with Gasteiger partial charge in [-0.15, -0.1) is 0 Å². The van der Waals surface area contributed by atoms with Crippen LogP contribution in [-0.2, 0) is 4.74 Å². The largest absolute Gasteiger partial charge is 0.378 e. The summed E-state index contributed by atoms with van der Waals surface area (Å²) in [5.74, 6) is 0. The Morgan fingerprint density at radius 2 is 2.38 bits per heavy atom. The Labute approximate surface area is 101 Å². The molecule has 1 heterocycles. The number of hydrogen-bond acceptors (Lipinski definition) is 4. The summed E-state index contributed by atoms with van der Waals surface area (Å²) in [6, 6.07) is 5.18. The van der Waals surface area contributed by atoms with E-state index in [4.69, 9.17) is 4.74 Å². The van der Waals surface area contributed by atoms with Crippen LogP contribution in [0.5, 0.6) is 0 Å². The Morgan fingerprint density at radius 3 is 3.00 bits per heavy atom. The van der Waals surface area contributed by atoms with Gasteiger partial charge in [0.2, 0.25) is 0 Å². The van der Waals surface area contributed by atoms with Gasteiger partial charge in [-0.3, -0.25) is 10.1 Å². The predicted molar refractivity (Wildman–Crippen MR) is 62.4 cm³/mol. The summed E-state index contributed by atoms with van der Waals surface area (Å²) < 4.78 is 5.82. The molecule has 2 rings (SSSR count). The zero-order valence-electron chi connectivity index (χ0n) is 8.48. The lowest BCUT2D eigenvalue weighted by atomic mass is 10.1. The van der Waals surface area contributed by atoms with Crippen molar-refractivity contribution in [2.75, 3.05) is 19.8 Å². The number of nitro benzene ring substituents is 1. The van der Waals surface area contributed by atoms with E-state index in [1.54, 1.807) is 12.1 Å². The van der Waals surface area contributed by atoms with Crippen molar-refractivity contribution in [2.45, 2.75) is 6.04 Å². The van der Waals surface area contributed by atoms with Crippen LogP contribution < -0.4 is 5.32 Å². The van der Waals surface area contributed by atoms with Crippen molar-refractivity contribution < 1.29 is 9.66 Å². The van der Waals surface area contributed by atoms with Crippen LogP contribution >= 0.6 is 15.9 Å². The van der Waals surface area contributed by atoms with Crippen molar-refractivity contribution in [3.05, 3.63) is 38.3 Å². The van der Waals surface area contributed by atoms with E-state index in [-0.39, 0.29) is 11.7 Å². The molecule has 0 bridgehead atoms. The summed E-state index contributed by atoms with van der Waals surface area (Å²) in [7, 11) is 0. The van der Waals surface area contributed by atoms with E-state index < -0.39 is 4.92 Å². The summed E-state index contributed by atoms with van der Waals surface area (Å²) in [6.45, 7) is 2.02. The van der Waals surface area contributed by atoms with Gasteiger partial charge < -0.3 is 10.1 Å². The molecule has 0 saturated carbocycles. The molecule has 1 aliphatic rings. The normalized spacial score (nSPS) is 20.7. The average molecular weight is 287 g/mol. The number of morpholine rings is 1. The van der Waals surface area contributed by atoms with Gasteiger partial charge in [-0.25, -0.2) is 0 Å². The first-order valence-electron chi connectivity index (χ1n) is 4.93. The van der Waals surface area contributed by atoms with Crippen LogP contribution in [0.4, 0.5) is 5.69 Å². The molecule has 0 aromatic heterocycles. The van der Waals surface area contributed by atoms with E-state index in [0.29, 0.717) is 17.7 Å². The molecule has 16 heavy (non-hydrogen) atoms. The van der Waals surface area contributed by atoms with Gasteiger partial charge in [0.15, 0.2) is 0 Å². The number of rotatable bonds is 2. The van der Waals surface area contributed by atoms with E-state index in [2.05, 4.69) is 21.2 Å². The summed E-state index contributed by atoms with van der Waals surface area (Å²) >= 11 is 3.16. The van der Waals surface area contributed by atoms with E-state index in [0.717, 1.165) is 12.1 Å². The van der Waals surface area contributed by atoms with E-state index >= 15 is 0 Å². The molecule has 1 aromatic rings. The highest BCUT2D eigenvalue weighted by molar-refractivity contribution is 9.10. The molecule has 0 radical (unpaired) electrons. The Morgan fingerprint density at radius 1 is 1.56 bits per heavy atom. The second kappa shape index (κ2) is 4.90. The molecular weight excluding hydrogens is 276 g/mol. The van der Waals surface area contributed by atoms with Gasteiger partial charge in [0.1, 0.15) is 0 Å². The minimum Gasteiger partial charge on any atom is -0.378 e. The fraction of sp³-hybridized carbons (Fsp3) is 0.400. The highest BCUT2D eigenvalue weighted by atomic mass is 79.9. The second-order valence-electron chi connectivity index (χ2n) is 3.55. The molecule has 6 heteroatoms. The lowest BCUT2D eigenvalue weighted by Crippen LogP contribution is -2.34.